The smallest absolute Gasteiger partial charge is 0.125 e. The summed E-state index contributed by atoms with van der Waals surface area (Å²) in [4.78, 5) is 0.882. The number of rotatable bonds is 5. The molecule has 2 rings (SSSR count). The molecular formula is C15H16FNOS. The third-order valence-corrected chi connectivity index (χ3v) is 3.77. The molecule has 0 spiro atoms. The highest BCUT2D eigenvalue weighted by Gasteiger charge is 2.06. The van der Waals surface area contributed by atoms with Crippen LogP contribution in [0.2, 0.25) is 0 Å². The number of nitrogens with two attached hydrogens (primary N) is 1. The molecule has 0 amide bonds. The summed E-state index contributed by atoms with van der Waals surface area (Å²) >= 11 is 1.58. The monoisotopic (exact) mass is 277 g/mol. The van der Waals surface area contributed by atoms with E-state index in [0.717, 1.165) is 22.0 Å². The van der Waals surface area contributed by atoms with Crippen LogP contribution in [0.1, 0.15) is 12.5 Å². The van der Waals surface area contributed by atoms with E-state index < -0.39 is 0 Å². The van der Waals surface area contributed by atoms with Crippen LogP contribution in [0.5, 0.6) is 5.75 Å². The molecule has 0 heterocycles. The molecule has 0 aliphatic rings. The van der Waals surface area contributed by atoms with Crippen molar-refractivity contribution in [3.05, 3.63) is 53.8 Å². The highest BCUT2D eigenvalue weighted by molar-refractivity contribution is 7.98. The lowest BCUT2D eigenvalue weighted by Crippen LogP contribution is -1.96. The van der Waals surface area contributed by atoms with Crippen LogP contribution in [0.25, 0.3) is 0 Å². The standard InChI is InChI=1S/C15H16FNOS/c1-2-18-14-6-4-3-5-11(14)10-19-15-8-7-12(16)9-13(15)17/h3-9H,2,10,17H2,1H3. The quantitative estimate of drug-likeness (QED) is 0.660. The molecule has 0 saturated heterocycles. The van der Waals surface area contributed by atoms with Crippen molar-refractivity contribution in [1.29, 1.82) is 0 Å². The van der Waals surface area contributed by atoms with Crippen LogP contribution in [0.4, 0.5) is 10.1 Å². The highest BCUT2D eigenvalue weighted by atomic mass is 32.2. The lowest BCUT2D eigenvalue weighted by Gasteiger charge is -2.10. The van der Waals surface area contributed by atoms with Gasteiger partial charge in [0.05, 0.1) is 6.61 Å². The fraction of sp³-hybridized carbons (Fsp3) is 0.200. The minimum absolute atomic E-state index is 0.309. The summed E-state index contributed by atoms with van der Waals surface area (Å²) in [6.45, 7) is 2.60. The predicted molar refractivity (Wildman–Crippen MR) is 78.0 cm³/mol. The molecule has 4 heteroatoms. The molecule has 19 heavy (non-hydrogen) atoms. The number of para-hydroxylation sites is 1. The third-order valence-electron chi connectivity index (χ3n) is 2.63. The van der Waals surface area contributed by atoms with Gasteiger partial charge in [-0.25, -0.2) is 4.39 Å². The maximum atomic E-state index is 13.0. The summed E-state index contributed by atoms with van der Waals surface area (Å²) in [7, 11) is 0. The second-order valence-electron chi connectivity index (χ2n) is 4.01. The van der Waals surface area contributed by atoms with Crippen LogP contribution in [-0.4, -0.2) is 6.61 Å². The molecule has 2 aromatic rings. The largest absolute Gasteiger partial charge is 0.494 e. The molecule has 0 bridgehead atoms. The Balaban J connectivity index is 2.10. The zero-order chi connectivity index (χ0) is 13.7. The second-order valence-corrected chi connectivity index (χ2v) is 5.03. The number of ether oxygens (including phenoxy) is 1. The average molecular weight is 277 g/mol. The number of hydrogen-bond acceptors (Lipinski definition) is 3. The van der Waals surface area contributed by atoms with Crippen molar-refractivity contribution in [2.24, 2.45) is 0 Å². The van der Waals surface area contributed by atoms with Crippen LogP contribution in [0, 0.1) is 5.82 Å². The van der Waals surface area contributed by atoms with Gasteiger partial charge >= 0.3 is 0 Å². The SMILES string of the molecule is CCOc1ccccc1CSc1ccc(F)cc1N. The van der Waals surface area contributed by atoms with E-state index in [4.69, 9.17) is 10.5 Å². The highest BCUT2D eigenvalue weighted by Crippen LogP contribution is 2.31. The van der Waals surface area contributed by atoms with Gasteiger partial charge in [0.25, 0.3) is 0 Å². The molecule has 100 valence electrons. The van der Waals surface area contributed by atoms with Crippen LogP contribution >= 0.6 is 11.8 Å². The Kier molecular flexibility index (Phi) is 4.68. The van der Waals surface area contributed by atoms with Crippen molar-refractivity contribution in [1.82, 2.24) is 0 Å². The van der Waals surface area contributed by atoms with Gasteiger partial charge in [0.15, 0.2) is 0 Å². The van der Waals surface area contributed by atoms with Crippen LogP contribution in [0.15, 0.2) is 47.4 Å². The van der Waals surface area contributed by atoms with Crippen molar-refractivity contribution in [2.75, 3.05) is 12.3 Å². The number of halogens is 1. The van der Waals surface area contributed by atoms with Gasteiger partial charge in [0.1, 0.15) is 11.6 Å². The molecule has 2 aromatic carbocycles. The van der Waals surface area contributed by atoms with Gasteiger partial charge in [-0.1, -0.05) is 18.2 Å². The van der Waals surface area contributed by atoms with Gasteiger partial charge in [-0.15, -0.1) is 11.8 Å². The molecule has 2 N–H and O–H groups in total. The Bertz CT molecular complexity index is 560. The zero-order valence-corrected chi connectivity index (χ0v) is 11.5. The molecule has 0 aromatic heterocycles. The predicted octanol–water partition coefficient (Wildman–Crippen LogP) is 4.10. The molecule has 0 saturated carbocycles. The topological polar surface area (TPSA) is 35.2 Å². The van der Waals surface area contributed by atoms with E-state index in [-0.39, 0.29) is 5.82 Å². The van der Waals surface area contributed by atoms with Crippen molar-refractivity contribution < 1.29 is 9.13 Å². The van der Waals surface area contributed by atoms with Gasteiger partial charge < -0.3 is 10.5 Å². The Labute approximate surface area is 116 Å². The van der Waals surface area contributed by atoms with Crippen molar-refractivity contribution in [3.63, 3.8) is 0 Å². The zero-order valence-electron chi connectivity index (χ0n) is 10.7. The van der Waals surface area contributed by atoms with Crippen molar-refractivity contribution >= 4 is 17.4 Å². The van der Waals surface area contributed by atoms with Gasteiger partial charge in [0.2, 0.25) is 0 Å². The summed E-state index contributed by atoms with van der Waals surface area (Å²) in [6.07, 6.45) is 0. The maximum Gasteiger partial charge on any atom is 0.125 e. The first-order valence-corrected chi connectivity index (χ1v) is 7.07. The fourth-order valence-corrected chi connectivity index (χ4v) is 2.66. The number of thioether (sulfide) groups is 1. The number of nitrogen functional groups attached to an aromatic ring is 1. The number of anilines is 1. The molecule has 0 aliphatic heterocycles. The van der Waals surface area contributed by atoms with E-state index in [9.17, 15) is 4.39 Å². The summed E-state index contributed by atoms with van der Waals surface area (Å²) < 4.78 is 18.5. The summed E-state index contributed by atoms with van der Waals surface area (Å²) in [5.74, 6) is 1.32. The Morgan fingerprint density at radius 3 is 2.74 bits per heavy atom. The Morgan fingerprint density at radius 2 is 2.00 bits per heavy atom. The summed E-state index contributed by atoms with van der Waals surface area (Å²) in [5.41, 5.74) is 7.37. The third kappa shape index (κ3) is 3.64. The minimum Gasteiger partial charge on any atom is -0.494 e. The van der Waals surface area contributed by atoms with Gasteiger partial charge in [-0.2, -0.15) is 0 Å². The molecule has 0 aliphatic carbocycles. The van der Waals surface area contributed by atoms with Gasteiger partial charge in [-0.3, -0.25) is 0 Å². The molecule has 0 fully saturated rings. The van der Waals surface area contributed by atoms with Gasteiger partial charge in [0, 0.05) is 21.9 Å². The molecule has 0 radical (unpaired) electrons. The van der Waals surface area contributed by atoms with Crippen LogP contribution < -0.4 is 10.5 Å². The van der Waals surface area contributed by atoms with E-state index in [1.807, 2.05) is 31.2 Å². The van der Waals surface area contributed by atoms with Crippen molar-refractivity contribution in [2.45, 2.75) is 17.6 Å². The van der Waals surface area contributed by atoms with E-state index in [1.165, 1.54) is 12.1 Å². The number of benzene rings is 2. The summed E-state index contributed by atoms with van der Waals surface area (Å²) in [5, 5.41) is 0. The summed E-state index contributed by atoms with van der Waals surface area (Å²) in [6, 6.07) is 12.4. The Hall–Kier alpha value is -1.68. The number of hydrogen-bond donors (Lipinski definition) is 1. The molecule has 0 unspecified atom stereocenters. The lowest BCUT2D eigenvalue weighted by molar-refractivity contribution is 0.337. The average Bonchev–Trinajstić information content (AvgIpc) is 2.40. The molecular weight excluding hydrogens is 261 g/mol. The van der Waals surface area contributed by atoms with Gasteiger partial charge in [-0.05, 0) is 31.2 Å². The fourth-order valence-electron chi connectivity index (χ4n) is 1.73. The lowest BCUT2D eigenvalue weighted by atomic mass is 10.2. The molecule has 0 atom stereocenters. The minimum atomic E-state index is -0.309. The first-order chi connectivity index (χ1) is 9.20. The normalized spacial score (nSPS) is 10.4. The van der Waals surface area contributed by atoms with E-state index in [0.29, 0.717) is 12.3 Å². The van der Waals surface area contributed by atoms with Crippen molar-refractivity contribution in [3.8, 4) is 5.75 Å². The maximum absolute atomic E-state index is 13.0. The van der Waals surface area contributed by atoms with E-state index in [2.05, 4.69) is 0 Å². The van der Waals surface area contributed by atoms with Crippen LogP contribution in [-0.2, 0) is 5.75 Å². The van der Waals surface area contributed by atoms with E-state index in [1.54, 1.807) is 17.8 Å². The first-order valence-electron chi connectivity index (χ1n) is 6.09. The van der Waals surface area contributed by atoms with E-state index >= 15 is 0 Å². The second kappa shape index (κ2) is 6.48. The van der Waals surface area contributed by atoms with Crippen LogP contribution in [0.3, 0.4) is 0 Å². The molecule has 2 nitrogen and oxygen atoms in total. The first kappa shape index (κ1) is 13.7. The Morgan fingerprint density at radius 1 is 1.21 bits per heavy atom.